The Balaban J connectivity index is 2.36. The minimum Gasteiger partial charge on any atom is -0.309 e. The topological polar surface area (TPSA) is 94.1 Å². The molecule has 2 aromatic carbocycles. The highest BCUT2D eigenvalue weighted by molar-refractivity contribution is 7.89. The summed E-state index contributed by atoms with van der Waals surface area (Å²) >= 11 is 0. The van der Waals surface area contributed by atoms with Crippen LogP contribution in [0.3, 0.4) is 0 Å². The Bertz CT molecular complexity index is 934. The van der Waals surface area contributed by atoms with E-state index < -0.39 is 17.6 Å². The van der Waals surface area contributed by atoms with Crippen LogP contribution < -0.4 is 4.83 Å². The molecule has 7 nitrogen and oxygen atoms in total. The van der Waals surface area contributed by atoms with Gasteiger partial charge in [0.25, 0.3) is 10.0 Å². The van der Waals surface area contributed by atoms with Crippen molar-refractivity contribution in [3.63, 3.8) is 0 Å². The van der Waals surface area contributed by atoms with Gasteiger partial charge in [0.2, 0.25) is 0 Å². The number of hydrazone groups is 1. The molecule has 0 saturated heterocycles. The summed E-state index contributed by atoms with van der Waals surface area (Å²) in [6.45, 7) is 5.70. The first-order valence-corrected chi connectivity index (χ1v) is 12.1. The van der Waals surface area contributed by atoms with E-state index in [0.29, 0.717) is 5.56 Å². The predicted octanol–water partition coefficient (Wildman–Crippen LogP) is 3.94. The minimum atomic E-state index is -3.87. The quantitative estimate of drug-likeness (QED) is 0.354. The van der Waals surface area contributed by atoms with E-state index in [4.69, 9.17) is 9.05 Å². The first kappa shape index (κ1) is 22.3. The molecule has 2 aromatic rings. The molecule has 0 bridgehead atoms. The van der Waals surface area contributed by atoms with Crippen LogP contribution in [-0.2, 0) is 23.6 Å². The molecule has 0 fully saturated rings. The number of nitrogens with one attached hydrogen (secondary N) is 1. The van der Waals surface area contributed by atoms with Gasteiger partial charge in [0.1, 0.15) is 0 Å². The third-order valence-corrected chi connectivity index (χ3v) is 6.95. The standard InChI is InChI=1S/C19H25N2O5PS/c1-4-25-27(22,26-5-2)15-19(17-9-7-6-8-10-17)20-21-28(23,24)18-13-11-16(3)12-14-18/h6-14,21H,4-5,15H2,1-3H3/b20-19+. The zero-order chi connectivity index (χ0) is 20.6. The molecule has 0 aliphatic carbocycles. The van der Waals surface area contributed by atoms with Gasteiger partial charge in [-0.3, -0.25) is 4.57 Å². The van der Waals surface area contributed by atoms with Crippen molar-refractivity contribution in [2.75, 3.05) is 19.4 Å². The Morgan fingerprint density at radius 2 is 1.57 bits per heavy atom. The lowest BCUT2D eigenvalue weighted by Crippen LogP contribution is -2.22. The molecule has 0 aromatic heterocycles. The molecular formula is C19H25N2O5PS. The van der Waals surface area contributed by atoms with Crippen molar-refractivity contribution >= 4 is 23.3 Å². The lowest BCUT2D eigenvalue weighted by Gasteiger charge is -2.18. The summed E-state index contributed by atoms with van der Waals surface area (Å²) in [4.78, 5) is 2.32. The van der Waals surface area contributed by atoms with Gasteiger partial charge in [-0.25, -0.2) is 0 Å². The zero-order valence-corrected chi connectivity index (χ0v) is 17.9. The Hall–Kier alpha value is -1.99. The van der Waals surface area contributed by atoms with Crippen LogP contribution in [0.4, 0.5) is 0 Å². The van der Waals surface area contributed by atoms with Gasteiger partial charge in [0.15, 0.2) is 0 Å². The van der Waals surface area contributed by atoms with E-state index >= 15 is 0 Å². The monoisotopic (exact) mass is 424 g/mol. The molecule has 0 amide bonds. The van der Waals surface area contributed by atoms with E-state index in [1.165, 1.54) is 12.1 Å². The second-order valence-electron chi connectivity index (χ2n) is 5.94. The van der Waals surface area contributed by atoms with E-state index in [0.717, 1.165) is 5.56 Å². The molecule has 2 rings (SSSR count). The number of benzene rings is 2. The fraction of sp³-hybridized carbons (Fsp3) is 0.316. The van der Waals surface area contributed by atoms with Crippen LogP contribution in [0.15, 0.2) is 64.6 Å². The highest BCUT2D eigenvalue weighted by Gasteiger charge is 2.27. The predicted molar refractivity (Wildman–Crippen MR) is 110 cm³/mol. The van der Waals surface area contributed by atoms with Crippen LogP contribution >= 0.6 is 7.60 Å². The van der Waals surface area contributed by atoms with Crippen molar-refractivity contribution < 1.29 is 22.0 Å². The van der Waals surface area contributed by atoms with Crippen molar-refractivity contribution in [3.05, 3.63) is 65.7 Å². The molecule has 0 heterocycles. The zero-order valence-electron chi connectivity index (χ0n) is 16.2. The van der Waals surface area contributed by atoms with Crippen molar-refractivity contribution in [3.8, 4) is 0 Å². The second-order valence-corrected chi connectivity index (χ2v) is 9.65. The average Bonchev–Trinajstić information content (AvgIpc) is 2.66. The van der Waals surface area contributed by atoms with Crippen LogP contribution in [0.1, 0.15) is 25.0 Å². The van der Waals surface area contributed by atoms with Gasteiger partial charge >= 0.3 is 7.60 Å². The molecule has 1 N–H and O–H groups in total. The SMILES string of the molecule is CCOP(=O)(C/C(=N\NS(=O)(=O)c1ccc(C)cc1)c1ccccc1)OCC. The molecule has 152 valence electrons. The molecule has 0 unspecified atom stereocenters. The lowest BCUT2D eigenvalue weighted by atomic mass is 10.1. The maximum atomic E-state index is 12.9. The van der Waals surface area contributed by atoms with E-state index in [-0.39, 0.29) is 30.0 Å². The highest BCUT2D eigenvalue weighted by Crippen LogP contribution is 2.48. The summed E-state index contributed by atoms with van der Waals surface area (Å²) in [6, 6.07) is 15.3. The van der Waals surface area contributed by atoms with Crippen molar-refractivity contribution in [2.24, 2.45) is 5.10 Å². The number of rotatable bonds is 10. The van der Waals surface area contributed by atoms with Gasteiger partial charge in [-0.2, -0.15) is 18.4 Å². The molecule has 0 saturated carbocycles. The van der Waals surface area contributed by atoms with Crippen molar-refractivity contribution in [1.82, 2.24) is 4.83 Å². The van der Waals surface area contributed by atoms with E-state index in [2.05, 4.69) is 9.93 Å². The van der Waals surface area contributed by atoms with Gasteiger partial charge in [-0.15, -0.1) is 0 Å². The Morgan fingerprint density at radius 1 is 1.00 bits per heavy atom. The van der Waals surface area contributed by atoms with Gasteiger partial charge in [0.05, 0.1) is 30.0 Å². The first-order valence-electron chi connectivity index (χ1n) is 8.88. The molecule has 0 radical (unpaired) electrons. The molecule has 9 heteroatoms. The highest BCUT2D eigenvalue weighted by atomic mass is 32.2. The Kier molecular flexibility index (Phi) is 7.95. The first-order chi connectivity index (χ1) is 13.3. The Morgan fingerprint density at radius 3 is 2.11 bits per heavy atom. The number of hydrogen-bond donors (Lipinski definition) is 1. The van der Waals surface area contributed by atoms with Crippen LogP contribution in [0, 0.1) is 6.92 Å². The normalized spacial score (nSPS) is 12.8. The van der Waals surface area contributed by atoms with Gasteiger partial charge < -0.3 is 9.05 Å². The summed E-state index contributed by atoms with van der Waals surface area (Å²) in [7, 11) is -7.34. The summed E-state index contributed by atoms with van der Waals surface area (Å²) in [5, 5.41) is 4.06. The van der Waals surface area contributed by atoms with E-state index in [1.54, 1.807) is 50.2 Å². The maximum absolute atomic E-state index is 12.9. The number of hydrogen-bond acceptors (Lipinski definition) is 6. The Labute approximate surface area is 166 Å². The lowest BCUT2D eigenvalue weighted by molar-refractivity contribution is 0.223. The molecule has 0 aliphatic heterocycles. The summed E-state index contributed by atoms with van der Waals surface area (Å²) in [5.41, 5.74) is 1.83. The number of aryl methyl sites for hydroxylation is 1. The van der Waals surface area contributed by atoms with Gasteiger partial charge in [0, 0.05) is 0 Å². The van der Waals surface area contributed by atoms with E-state index in [1.807, 2.05) is 13.0 Å². The van der Waals surface area contributed by atoms with Crippen LogP contribution in [0.2, 0.25) is 0 Å². The molecular weight excluding hydrogens is 399 g/mol. The van der Waals surface area contributed by atoms with E-state index in [9.17, 15) is 13.0 Å². The summed E-state index contributed by atoms with van der Waals surface area (Å²) in [6.07, 6.45) is -0.158. The smallest absolute Gasteiger partial charge is 0.309 e. The third kappa shape index (κ3) is 6.27. The second kappa shape index (κ2) is 9.98. The summed E-state index contributed by atoms with van der Waals surface area (Å²) in [5.74, 6) is 0. The van der Waals surface area contributed by atoms with Gasteiger partial charge in [-0.1, -0.05) is 48.0 Å². The average molecular weight is 424 g/mol. The maximum Gasteiger partial charge on any atom is 0.336 e. The largest absolute Gasteiger partial charge is 0.336 e. The van der Waals surface area contributed by atoms with Crippen LogP contribution in [-0.4, -0.2) is 33.5 Å². The molecule has 0 aliphatic rings. The van der Waals surface area contributed by atoms with Crippen molar-refractivity contribution in [2.45, 2.75) is 25.7 Å². The van der Waals surface area contributed by atoms with Gasteiger partial charge in [-0.05, 0) is 38.5 Å². The van der Waals surface area contributed by atoms with Crippen LogP contribution in [0.25, 0.3) is 0 Å². The minimum absolute atomic E-state index is 0.0899. The molecule has 28 heavy (non-hydrogen) atoms. The number of sulfonamides is 1. The molecule has 0 spiro atoms. The molecule has 0 atom stereocenters. The van der Waals surface area contributed by atoms with Crippen LogP contribution in [0.5, 0.6) is 0 Å². The number of nitrogens with zero attached hydrogens (tertiary/aromatic N) is 1. The van der Waals surface area contributed by atoms with Crippen molar-refractivity contribution in [1.29, 1.82) is 0 Å². The third-order valence-electron chi connectivity index (χ3n) is 3.73. The fourth-order valence-corrected chi connectivity index (χ4v) is 4.91. The fourth-order valence-electron chi connectivity index (χ4n) is 2.41. The summed E-state index contributed by atoms with van der Waals surface area (Å²) < 4.78 is 48.7.